The van der Waals surface area contributed by atoms with Gasteiger partial charge in [-0.25, -0.2) is 12.7 Å². The Balaban J connectivity index is 1.83. The number of rotatable bonds is 3. The zero-order valence-electron chi connectivity index (χ0n) is 16.1. The van der Waals surface area contributed by atoms with E-state index in [1.165, 1.54) is 10.6 Å². The molecule has 0 bridgehead atoms. The number of aliphatic imine (C=N–C) groups is 1. The topological polar surface area (TPSA) is 124 Å². The van der Waals surface area contributed by atoms with Gasteiger partial charge >= 0.3 is 0 Å². The lowest BCUT2D eigenvalue weighted by Gasteiger charge is -2.32. The third-order valence-corrected chi connectivity index (χ3v) is 6.75. The number of amides is 1. The predicted octanol–water partition coefficient (Wildman–Crippen LogP) is 1.80. The van der Waals surface area contributed by atoms with Crippen molar-refractivity contribution in [1.82, 2.24) is 8.87 Å². The molecule has 3 aromatic rings. The van der Waals surface area contributed by atoms with E-state index in [-0.39, 0.29) is 12.0 Å². The highest BCUT2D eigenvalue weighted by molar-refractivity contribution is 7.88. The number of guanidine groups is 1. The van der Waals surface area contributed by atoms with Crippen molar-refractivity contribution in [3.05, 3.63) is 48.0 Å². The first-order valence-corrected chi connectivity index (χ1v) is 11.2. The highest BCUT2D eigenvalue weighted by Crippen LogP contribution is 2.36. The number of sulfonamides is 1. The normalized spacial score (nSPS) is 16.3. The smallest absolute Gasteiger partial charge is 0.280 e. The second-order valence-corrected chi connectivity index (χ2v) is 9.34. The molecule has 9 heteroatoms. The van der Waals surface area contributed by atoms with Crippen molar-refractivity contribution in [2.24, 2.45) is 16.5 Å². The van der Waals surface area contributed by atoms with Crippen LogP contribution < -0.4 is 11.5 Å². The first-order chi connectivity index (χ1) is 13.8. The summed E-state index contributed by atoms with van der Waals surface area (Å²) in [6.45, 7) is 0.953. The van der Waals surface area contributed by atoms with E-state index < -0.39 is 15.9 Å². The molecule has 2 aromatic carbocycles. The Morgan fingerprint density at radius 2 is 1.69 bits per heavy atom. The van der Waals surface area contributed by atoms with Crippen LogP contribution in [0.1, 0.15) is 29.2 Å². The van der Waals surface area contributed by atoms with E-state index in [1.54, 1.807) is 6.07 Å². The van der Waals surface area contributed by atoms with Crippen molar-refractivity contribution < 1.29 is 13.2 Å². The average molecular weight is 414 g/mol. The molecule has 0 unspecified atom stereocenters. The van der Waals surface area contributed by atoms with E-state index in [2.05, 4.69) is 21.7 Å². The van der Waals surface area contributed by atoms with Gasteiger partial charge in [0, 0.05) is 41.0 Å². The average Bonchev–Trinajstić information content (AvgIpc) is 3.00. The summed E-state index contributed by atoms with van der Waals surface area (Å²) in [5.41, 5.74) is 13.1. The van der Waals surface area contributed by atoms with Crippen LogP contribution in [0.2, 0.25) is 0 Å². The Labute approximate surface area is 168 Å². The molecular weight excluding hydrogens is 390 g/mol. The van der Waals surface area contributed by atoms with E-state index in [0.717, 1.165) is 21.8 Å². The SMILES string of the molecule is CS(=O)(=O)N1CCC(n2c3ccccc3c3ccc(C(=O)N=C(N)N)cc32)CC1. The molecule has 152 valence electrons. The molecule has 1 amide bonds. The molecular formula is C20H23N5O3S. The fraction of sp³-hybridized carbons (Fsp3) is 0.300. The number of hydrogen-bond acceptors (Lipinski definition) is 3. The maximum Gasteiger partial charge on any atom is 0.280 e. The number of hydrogen-bond donors (Lipinski definition) is 2. The number of aromatic nitrogens is 1. The number of benzene rings is 2. The summed E-state index contributed by atoms with van der Waals surface area (Å²) in [6.07, 6.45) is 2.65. The lowest BCUT2D eigenvalue weighted by atomic mass is 10.1. The minimum Gasteiger partial charge on any atom is -0.370 e. The fourth-order valence-corrected chi connectivity index (χ4v) is 5.01. The number of carbonyl (C=O) groups is 1. The summed E-state index contributed by atoms with van der Waals surface area (Å²) in [4.78, 5) is 16.0. The van der Waals surface area contributed by atoms with Crippen molar-refractivity contribution in [1.29, 1.82) is 0 Å². The number of nitrogens with two attached hydrogens (primary N) is 2. The van der Waals surface area contributed by atoms with Crippen LogP contribution in [0.15, 0.2) is 47.5 Å². The first kappa shape index (κ1) is 19.4. The number of nitrogens with zero attached hydrogens (tertiary/aromatic N) is 3. The van der Waals surface area contributed by atoms with Crippen molar-refractivity contribution in [3.63, 3.8) is 0 Å². The molecule has 0 radical (unpaired) electrons. The molecule has 0 atom stereocenters. The third-order valence-electron chi connectivity index (χ3n) is 5.45. The van der Waals surface area contributed by atoms with Crippen molar-refractivity contribution in [2.45, 2.75) is 18.9 Å². The van der Waals surface area contributed by atoms with Gasteiger partial charge in [-0.3, -0.25) is 4.79 Å². The standard InChI is InChI=1S/C20H23N5O3S/c1-29(27,28)24-10-8-14(9-11-24)25-17-5-3-2-4-15(17)16-7-6-13(12-18(16)25)19(26)23-20(21)22/h2-7,12,14H,8-11H2,1H3,(H4,21,22,23,26). The third kappa shape index (κ3) is 3.58. The number of piperidine rings is 1. The van der Waals surface area contributed by atoms with Gasteiger partial charge in [0.15, 0.2) is 5.96 Å². The van der Waals surface area contributed by atoms with Gasteiger partial charge < -0.3 is 16.0 Å². The molecule has 0 aliphatic carbocycles. The summed E-state index contributed by atoms with van der Waals surface area (Å²) in [5.74, 6) is -0.764. The lowest BCUT2D eigenvalue weighted by Crippen LogP contribution is -2.38. The Morgan fingerprint density at radius 1 is 1.03 bits per heavy atom. The first-order valence-electron chi connectivity index (χ1n) is 9.37. The molecule has 1 aromatic heterocycles. The summed E-state index contributed by atoms with van der Waals surface area (Å²) < 4.78 is 27.5. The molecule has 0 saturated carbocycles. The monoisotopic (exact) mass is 413 g/mol. The van der Waals surface area contributed by atoms with Crippen LogP contribution in [-0.4, -0.2) is 48.5 Å². The van der Waals surface area contributed by atoms with Crippen LogP contribution in [0.25, 0.3) is 21.8 Å². The summed E-state index contributed by atoms with van der Waals surface area (Å²) in [7, 11) is -3.19. The van der Waals surface area contributed by atoms with Gasteiger partial charge in [0.1, 0.15) is 0 Å². The Morgan fingerprint density at radius 3 is 2.34 bits per heavy atom. The number of fused-ring (bicyclic) bond motifs is 3. The molecule has 2 heterocycles. The second-order valence-electron chi connectivity index (χ2n) is 7.35. The molecule has 29 heavy (non-hydrogen) atoms. The Hall–Kier alpha value is -2.91. The molecule has 1 aliphatic heterocycles. The Kier molecular flexibility index (Phi) is 4.79. The highest BCUT2D eigenvalue weighted by Gasteiger charge is 2.28. The Bertz CT molecular complexity index is 1230. The number of carbonyl (C=O) groups excluding carboxylic acids is 1. The molecule has 1 saturated heterocycles. The second kappa shape index (κ2) is 7.16. The summed E-state index contributed by atoms with van der Waals surface area (Å²) >= 11 is 0. The lowest BCUT2D eigenvalue weighted by molar-refractivity contribution is 0.100. The van der Waals surface area contributed by atoms with Crippen LogP contribution in [0.4, 0.5) is 0 Å². The van der Waals surface area contributed by atoms with Crippen molar-refractivity contribution in [3.8, 4) is 0 Å². The summed E-state index contributed by atoms with van der Waals surface area (Å²) in [6, 6.07) is 13.6. The van der Waals surface area contributed by atoms with E-state index in [4.69, 9.17) is 11.5 Å². The largest absolute Gasteiger partial charge is 0.370 e. The van der Waals surface area contributed by atoms with Crippen LogP contribution in [-0.2, 0) is 10.0 Å². The molecule has 0 spiro atoms. The number of para-hydroxylation sites is 1. The highest BCUT2D eigenvalue weighted by atomic mass is 32.2. The van der Waals surface area contributed by atoms with Crippen LogP contribution in [0, 0.1) is 0 Å². The van der Waals surface area contributed by atoms with E-state index >= 15 is 0 Å². The van der Waals surface area contributed by atoms with Gasteiger partial charge in [0.05, 0.1) is 11.8 Å². The van der Waals surface area contributed by atoms with Crippen LogP contribution >= 0.6 is 0 Å². The van der Waals surface area contributed by atoms with Gasteiger partial charge in [-0.2, -0.15) is 4.99 Å². The van der Waals surface area contributed by atoms with Gasteiger partial charge in [0.2, 0.25) is 10.0 Å². The minimum atomic E-state index is -3.19. The van der Waals surface area contributed by atoms with Crippen LogP contribution in [0.3, 0.4) is 0 Å². The van der Waals surface area contributed by atoms with E-state index in [9.17, 15) is 13.2 Å². The van der Waals surface area contributed by atoms with E-state index in [0.29, 0.717) is 31.5 Å². The minimum absolute atomic E-state index is 0.129. The maximum atomic E-state index is 12.3. The summed E-state index contributed by atoms with van der Waals surface area (Å²) in [5, 5.41) is 2.13. The van der Waals surface area contributed by atoms with Gasteiger partial charge in [-0.05, 0) is 31.0 Å². The zero-order chi connectivity index (χ0) is 20.8. The van der Waals surface area contributed by atoms with Gasteiger partial charge in [-0.15, -0.1) is 0 Å². The maximum absolute atomic E-state index is 12.3. The molecule has 8 nitrogen and oxygen atoms in total. The van der Waals surface area contributed by atoms with Gasteiger partial charge in [-0.1, -0.05) is 24.3 Å². The zero-order valence-corrected chi connectivity index (χ0v) is 16.9. The molecule has 4 rings (SSSR count). The van der Waals surface area contributed by atoms with Crippen molar-refractivity contribution in [2.75, 3.05) is 19.3 Å². The molecule has 1 fully saturated rings. The van der Waals surface area contributed by atoms with E-state index in [1.807, 2.05) is 24.3 Å². The molecule has 4 N–H and O–H groups in total. The van der Waals surface area contributed by atoms with Crippen molar-refractivity contribution >= 4 is 43.7 Å². The molecule has 1 aliphatic rings. The fourth-order valence-electron chi connectivity index (χ4n) is 4.14. The van der Waals surface area contributed by atoms with Crippen LogP contribution in [0.5, 0.6) is 0 Å². The predicted molar refractivity (Wildman–Crippen MR) is 114 cm³/mol. The quantitative estimate of drug-likeness (QED) is 0.500. The van der Waals surface area contributed by atoms with Gasteiger partial charge in [0.25, 0.3) is 5.91 Å².